The van der Waals surface area contributed by atoms with Gasteiger partial charge in [-0.25, -0.2) is 4.98 Å². The monoisotopic (exact) mass is 472 g/mol. The molecule has 7 nitrogen and oxygen atoms in total. The van der Waals surface area contributed by atoms with Gasteiger partial charge in [-0.05, 0) is 35.9 Å². The third kappa shape index (κ3) is 4.93. The Bertz CT molecular complexity index is 1290. The zero-order valence-electron chi connectivity index (χ0n) is 18.4. The molecule has 4 aromatic rings. The van der Waals surface area contributed by atoms with Gasteiger partial charge < -0.3 is 20.3 Å². The van der Waals surface area contributed by atoms with E-state index < -0.39 is 6.04 Å². The van der Waals surface area contributed by atoms with Crippen molar-refractivity contribution in [2.24, 2.45) is 0 Å². The van der Waals surface area contributed by atoms with Crippen molar-refractivity contribution in [1.29, 1.82) is 0 Å². The maximum atomic E-state index is 13.3. The average molecular weight is 473 g/mol. The zero-order chi connectivity index (χ0) is 23.3. The molecule has 8 heteroatoms. The third-order valence-electron chi connectivity index (χ3n) is 5.63. The Balaban J connectivity index is 1.36. The number of anilines is 2. The number of ether oxygens (including phenoxy) is 1. The molecule has 2 N–H and O–H groups in total. The molecule has 1 atom stereocenters. The summed E-state index contributed by atoms with van der Waals surface area (Å²) in [5.74, 6) is -0.620. The minimum atomic E-state index is -0.838. The number of thiazole rings is 1. The highest BCUT2D eigenvalue weighted by Crippen LogP contribution is 2.31. The fourth-order valence-electron chi connectivity index (χ4n) is 3.84. The first-order chi connectivity index (χ1) is 16.7. The lowest BCUT2D eigenvalue weighted by molar-refractivity contribution is -0.118. The summed E-state index contributed by atoms with van der Waals surface area (Å²) < 4.78 is 6.42. The highest BCUT2D eigenvalue weighted by Gasteiger charge is 2.24. The van der Waals surface area contributed by atoms with E-state index in [9.17, 15) is 9.59 Å². The van der Waals surface area contributed by atoms with E-state index in [-0.39, 0.29) is 11.8 Å². The van der Waals surface area contributed by atoms with Gasteiger partial charge in [0.1, 0.15) is 6.04 Å². The van der Waals surface area contributed by atoms with E-state index in [1.54, 1.807) is 35.6 Å². The van der Waals surface area contributed by atoms with Crippen LogP contribution in [0.2, 0.25) is 0 Å². The van der Waals surface area contributed by atoms with E-state index in [2.05, 4.69) is 15.5 Å². The number of hydrogen-bond acceptors (Lipinski definition) is 6. The summed E-state index contributed by atoms with van der Waals surface area (Å²) >= 11 is 1.60. The van der Waals surface area contributed by atoms with Crippen LogP contribution in [0.5, 0.6) is 0 Å². The molecule has 0 radical (unpaired) electrons. The van der Waals surface area contributed by atoms with Gasteiger partial charge in [0.2, 0.25) is 0 Å². The molecule has 0 bridgehead atoms. The van der Waals surface area contributed by atoms with Gasteiger partial charge in [0.25, 0.3) is 11.8 Å². The molecule has 3 aromatic carbocycles. The molecule has 1 fully saturated rings. The van der Waals surface area contributed by atoms with E-state index in [0.717, 1.165) is 28.4 Å². The lowest BCUT2D eigenvalue weighted by Gasteiger charge is -2.25. The van der Waals surface area contributed by atoms with Gasteiger partial charge in [-0.2, -0.15) is 0 Å². The number of benzene rings is 3. The first-order valence-corrected chi connectivity index (χ1v) is 11.9. The number of nitrogens with zero attached hydrogens (tertiary/aromatic N) is 2. The molecule has 5 rings (SSSR count). The first-order valence-electron chi connectivity index (χ1n) is 11.1. The Morgan fingerprint density at radius 2 is 1.65 bits per heavy atom. The molecular formula is C26H24N4O3S. The van der Waals surface area contributed by atoms with Gasteiger partial charge in [0.05, 0.1) is 23.4 Å². The largest absolute Gasteiger partial charge is 0.378 e. The molecule has 1 aliphatic heterocycles. The molecule has 1 aromatic heterocycles. The van der Waals surface area contributed by atoms with Crippen molar-refractivity contribution in [2.45, 2.75) is 6.04 Å². The Labute approximate surface area is 201 Å². The number of hydrogen-bond donors (Lipinski definition) is 2. The van der Waals surface area contributed by atoms with Crippen LogP contribution in [-0.4, -0.2) is 43.1 Å². The zero-order valence-corrected chi connectivity index (χ0v) is 19.3. The number of carbonyl (C=O) groups is 2. The number of amides is 2. The topological polar surface area (TPSA) is 83.6 Å². The summed E-state index contributed by atoms with van der Waals surface area (Å²) in [6.07, 6.45) is 0. The van der Waals surface area contributed by atoms with Gasteiger partial charge >= 0.3 is 0 Å². The molecule has 0 aliphatic carbocycles. The second kappa shape index (κ2) is 10.0. The second-order valence-corrected chi connectivity index (χ2v) is 8.96. The van der Waals surface area contributed by atoms with Crippen LogP contribution < -0.4 is 15.5 Å². The maximum absolute atomic E-state index is 13.3. The van der Waals surface area contributed by atoms with Gasteiger partial charge in [-0.15, -0.1) is 0 Å². The van der Waals surface area contributed by atoms with Crippen molar-refractivity contribution in [3.05, 3.63) is 90.0 Å². The quantitative estimate of drug-likeness (QED) is 0.439. The molecule has 1 saturated heterocycles. The minimum absolute atomic E-state index is 0.308. The van der Waals surface area contributed by atoms with Crippen molar-refractivity contribution < 1.29 is 14.3 Å². The van der Waals surface area contributed by atoms with Crippen molar-refractivity contribution in [2.75, 3.05) is 36.5 Å². The lowest BCUT2D eigenvalue weighted by Crippen LogP contribution is -2.37. The van der Waals surface area contributed by atoms with Crippen LogP contribution in [0.1, 0.15) is 22.0 Å². The van der Waals surface area contributed by atoms with Crippen molar-refractivity contribution in [3.63, 3.8) is 0 Å². The molecule has 2 heterocycles. The highest BCUT2D eigenvalue weighted by molar-refractivity contribution is 7.22. The van der Waals surface area contributed by atoms with Crippen LogP contribution in [0.3, 0.4) is 0 Å². The average Bonchev–Trinajstić information content (AvgIpc) is 3.32. The number of rotatable bonds is 6. The summed E-state index contributed by atoms with van der Waals surface area (Å²) in [6, 6.07) is 22.9. The second-order valence-electron chi connectivity index (χ2n) is 7.95. The van der Waals surface area contributed by atoms with Crippen LogP contribution in [0.4, 0.5) is 10.8 Å². The van der Waals surface area contributed by atoms with Crippen LogP contribution in [0.25, 0.3) is 10.2 Å². The first kappa shape index (κ1) is 22.1. The number of carbonyl (C=O) groups excluding carboxylic acids is 2. The van der Waals surface area contributed by atoms with Crippen LogP contribution in [0.15, 0.2) is 78.9 Å². The standard InChI is InChI=1S/C26H24N4O3S/c31-24(19-9-5-2-6-10-19)29-23(18-7-3-1-4-8-18)25(32)27-20-11-12-21-22(17-20)34-26(28-21)30-13-15-33-16-14-30/h1-12,17,23H,13-16H2,(H,27,32)(H,29,31). The summed E-state index contributed by atoms with van der Waals surface area (Å²) in [5, 5.41) is 6.80. The predicted octanol–water partition coefficient (Wildman–Crippen LogP) is 4.24. The molecule has 2 amide bonds. The van der Waals surface area contributed by atoms with Crippen LogP contribution >= 0.6 is 11.3 Å². The third-order valence-corrected chi connectivity index (χ3v) is 6.71. The molecule has 0 saturated carbocycles. The van der Waals surface area contributed by atoms with Crippen molar-refractivity contribution in [1.82, 2.24) is 10.3 Å². The maximum Gasteiger partial charge on any atom is 0.252 e. The van der Waals surface area contributed by atoms with E-state index in [1.807, 2.05) is 54.6 Å². The number of fused-ring (bicyclic) bond motifs is 1. The van der Waals surface area contributed by atoms with Gasteiger partial charge in [-0.3, -0.25) is 9.59 Å². The summed E-state index contributed by atoms with van der Waals surface area (Å²) in [7, 11) is 0. The van der Waals surface area contributed by atoms with Crippen LogP contribution in [-0.2, 0) is 9.53 Å². The van der Waals surface area contributed by atoms with Crippen LogP contribution in [0, 0.1) is 0 Å². The van der Waals surface area contributed by atoms with Crippen molar-refractivity contribution in [3.8, 4) is 0 Å². The molecule has 1 aliphatic rings. The molecule has 0 spiro atoms. The smallest absolute Gasteiger partial charge is 0.252 e. The summed E-state index contributed by atoms with van der Waals surface area (Å²) in [4.78, 5) is 33.1. The Kier molecular flexibility index (Phi) is 6.51. The van der Waals surface area contributed by atoms with Gasteiger partial charge in [-0.1, -0.05) is 59.9 Å². The Morgan fingerprint density at radius 3 is 2.38 bits per heavy atom. The molecule has 172 valence electrons. The van der Waals surface area contributed by atoms with Gasteiger partial charge in [0, 0.05) is 24.3 Å². The number of nitrogens with one attached hydrogen (secondary N) is 2. The van der Waals surface area contributed by atoms with Crippen molar-refractivity contribution >= 4 is 44.2 Å². The summed E-state index contributed by atoms with van der Waals surface area (Å²) in [6.45, 7) is 3.05. The fraction of sp³-hybridized carbons (Fsp3) is 0.192. The molecule has 1 unspecified atom stereocenters. The number of morpholine rings is 1. The van der Waals surface area contributed by atoms with E-state index in [4.69, 9.17) is 9.72 Å². The van der Waals surface area contributed by atoms with E-state index in [0.29, 0.717) is 30.0 Å². The predicted molar refractivity (Wildman–Crippen MR) is 134 cm³/mol. The Hall–Kier alpha value is -3.75. The summed E-state index contributed by atoms with van der Waals surface area (Å²) in [5.41, 5.74) is 2.75. The fourth-order valence-corrected chi connectivity index (χ4v) is 4.90. The molecular weight excluding hydrogens is 448 g/mol. The Morgan fingerprint density at radius 1 is 0.941 bits per heavy atom. The highest BCUT2D eigenvalue weighted by atomic mass is 32.1. The molecule has 34 heavy (non-hydrogen) atoms. The number of aromatic nitrogens is 1. The normalized spacial score (nSPS) is 14.5. The van der Waals surface area contributed by atoms with E-state index >= 15 is 0 Å². The minimum Gasteiger partial charge on any atom is -0.378 e. The van der Waals surface area contributed by atoms with E-state index in [1.165, 1.54) is 0 Å². The SMILES string of the molecule is O=C(NC(C(=O)Nc1ccc2nc(N3CCOCC3)sc2c1)c1ccccc1)c1ccccc1. The lowest BCUT2D eigenvalue weighted by atomic mass is 10.1. The van der Waals surface area contributed by atoms with Gasteiger partial charge in [0.15, 0.2) is 5.13 Å².